The van der Waals surface area contributed by atoms with Crippen molar-refractivity contribution in [1.29, 1.82) is 0 Å². The van der Waals surface area contributed by atoms with Gasteiger partial charge < -0.3 is 14.6 Å². The number of rotatable bonds is 6. The predicted molar refractivity (Wildman–Crippen MR) is 134 cm³/mol. The number of halogens is 2. The third-order valence-corrected chi connectivity index (χ3v) is 5.69. The van der Waals surface area contributed by atoms with E-state index in [2.05, 4.69) is 21.0 Å². The topological polar surface area (TPSA) is 103 Å². The van der Waals surface area contributed by atoms with Gasteiger partial charge in [0.25, 0.3) is 5.56 Å². The van der Waals surface area contributed by atoms with E-state index < -0.39 is 18.0 Å². The monoisotopic (exact) mass is 613 g/mol. The molecule has 3 aromatic rings. The molecule has 2 aromatic carbocycles. The Labute approximate surface area is 206 Å². The van der Waals surface area contributed by atoms with Crippen molar-refractivity contribution in [3.8, 4) is 11.5 Å². The summed E-state index contributed by atoms with van der Waals surface area (Å²) in [7, 11) is 1.47. The Morgan fingerprint density at radius 3 is 2.66 bits per heavy atom. The maximum Gasteiger partial charge on any atom is 0.341 e. The van der Waals surface area contributed by atoms with Gasteiger partial charge in [0.15, 0.2) is 18.1 Å². The average molecular weight is 614 g/mol. The molecular formula is C22H21BrIN3O5. The van der Waals surface area contributed by atoms with Gasteiger partial charge in [0.05, 0.1) is 27.8 Å². The molecule has 0 spiro atoms. The molecule has 3 rings (SSSR count). The van der Waals surface area contributed by atoms with Crippen LogP contribution in [0.2, 0.25) is 0 Å². The second-order valence-corrected chi connectivity index (χ2v) is 10.0. The predicted octanol–water partition coefficient (Wildman–Crippen LogP) is 4.42. The van der Waals surface area contributed by atoms with Crippen LogP contribution in [0.1, 0.15) is 32.2 Å². The van der Waals surface area contributed by atoms with Crippen LogP contribution in [0.25, 0.3) is 10.9 Å². The van der Waals surface area contributed by atoms with E-state index in [-0.39, 0.29) is 5.56 Å². The molecule has 0 bridgehead atoms. The van der Waals surface area contributed by atoms with Gasteiger partial charge in [0.1, 0.15) is 5.82 Å². The van der Waals surface area contributed by atoms with Crippen molar-refractivity contribution in [2.75, 3.05) is 13.7 Å². The summed E-state index contributed by atoms with van der Waals surface area (Å²) >= 11 is 5.43. The molecule has 0 amide bonds. The summed E-state index contributed by atoms with van der Waals surface area (Å²) in [6.45, 7) is 5.41. The Morgan fingerprint density at radius 2 is 2.03 bits per heavy atom. The summed E-state index contributed by atoms with van der Waals surface area (Å²) in [4.78, 5) is 28.8. The fourth-order valence-corrected chi connectivity index (χ4v) is 4.10. The molecule has 0 radical (unpaired) electrons. The minimum Gasteiger partial charge on any atom is -0.493 e. The van der Waals surface area contributed by atoms with Gasteiger partial charge in [0, 0.05) is 9.89 Å². The summed E-state index contributed by atoms with van der Waals surface area (Å²) in [5.74, 6) is 0.135. The molecule has 0 saturated heterocycles. The summed E-state index contributed by atoms with van der Waals surface area (Å²) in [6.07, 6.45) is 1.54. The maximum atomic E-state index is 13.2. The normalized spacial score (nSPS) is 11.8. The molecule has 0 saturated carbocycles. The number of hydrogen-bond acceptors (Lipinski definition) is 6. The largest absolute Gasteiger partial charge is 0.493 e. The van der Waals surface area contributed by atoms with E-state index in [9.17, 15) is 9.59 Å². The van der Waals surface area contributed by atoms with Gasteiger partial charge in [-0.3, -0.25) is 4.79 Å². The van der Waals surface area contributed by atoms with Crippen LogP contribution < -0.4 is 15.0 Å². The zero-order valence-electron chi connectivity index (χ0n) is 17.8. The van der Waals surface area contributed by atoms with Crippen LogP contribution in [0, 0.1) is 3.57 Å². The van der Waals surface area contributed by atoms with Gasteiger partial charge in [-0.2, -0.15) is 9.78 Å². The molecular weight excluding hydrogens is 593 g/mol. The molecule has 1 N–H and O–H groups in total. The Kier molecular flexibility index (Phi) is 7.23. The van der Waals surface area contributed by atoms with E-state index in [1.807, 2.05) is 49.4 Å². The minimum absolute atomic E-state index is 0.277. The third-order valence-electron chi connectivity index (χ3n) is 4.39. The molecule has 0 aliphatic carbocycles. The van der Waals surface area contributed by atoms with Crippen molar-refractivity contribution in [1.82, 2.24) is 9.66 Å². The molecule has 8 nitrogen and oxygen atoms in total. The number of methoxy groups -OCH3 is 1. The maximum absolute atomic E-state index is 13.2. The van der Waals surface area contributed by atoms with E-state index in [4.69, 9.17) is 19.6 Å². The number of ether oxygens (including phenoxy) is 2. The van der Waals surface area contributed by atoms with Crippen molar-refractivity contribution >= 4 is 61.6 Å². The second kappa shape index (κ2) is 9.57. The second-order valence-electron chi connectivity index (χ2n) is 7.92. The van der Waals surface area contributed by atoms with E-state index in [0.717, 1.165) is 4.47 Å². The fourth-order valence-electron chi connectivity index (χ4n) is 2.95. The van der Waals surface area contributed by atoms with Gasteiger partial charge in [-0.05, 0) is 58.5 Å². The number of benzene rings is 2. The van der Waals surface area contributed by atoms with Crippen molar-refractivity contribution in [2.24, 2.45) is 5.10 Å². The van der Waals surface area contributed by atoms with Gasteiger partial charge >= 0.3 is 5.97 Å². The summed E-state index contributed by atoms with van der Waals surface area (Å²) in [6, 6.07) is 8.79. The quantitative estimate of drug-likeness (QED) is 0.326. The van der Waals surface area contributed by atoms with E-state index in [1.165, 1.54) is 18.0 Å². The molecule has 0 atom stereocenters. The number of carboxylic acids is 1. The van der Waals surface area contributed by atoms with Crippen LogP contribution >= 0.6 is 38.5 Å². The Hall–Kier alpha value is -2.47. The molecule has 32 heavy (non-hydrogen) atoms. The number of aromatic nitrogens is 2. The first kappa shape index (κ1) is 24.2. The molecule has 0 aliphatic rings. The fraction of sp³-hybridized carbons (Fsp3) is 0.273. The highest BCUT2D eigenvalue weighted by atomic mass is 127. The summed E-state index contributed by atoms with van der Waals surface area (Å²) in [5.41, 5.74) is 0.541. The highest BCUT2D eigenvalue weighted by molar-refractivity contribution is 14.1. The lowest BCUT2D eigenvalue weighted by molar-refractivity contribution is -0.139. The number of aliphatic carboxylic acids is 1. The van der Waals surface area contributed by atoms with Crippen molar-refractivity contribution < 1.29 is 19.4 Å². The zero-order chi connectivity index (χ0) is 23.6. The number of carbonyl (C=O) groups is 1. The molecule has 168 valence electrons. The Balaban J connectivity index is 2.12. The van der Waals surface area contributed by atoms with Crippen LogP contribution in [-0.2, 0) is 10.2 Å². The molecule has 1 heterocycles. The number of fused-ring (bicyclic) bond motifs is 1. The molecule has 0 unspecified atom stereocenters. The van der Waals surface area contributed by atoms with Crippen LogP contribution in [0.4, 0.5) is 0 Å². The van der Waals surface area contributed by atoms with Gasteiger partial charge in [0.2, 0.25) is 0 Å². The summed E-state index contributed by atoms with van der Waals surface area (Å²) in [5, 5.41) is 13.8. The van der Waals surface area contributed by atoms with Crippen LogP contribution in [0.3, 0.4) is 0 Å². The zero-order valence-corrected chi connectivity index (χ0v) is 21.6. The molecule has 0 fully saturated rings. The molecule has 1 aromatic heterocycles. The van der Waals surface area contributed by atoms with Crippen molar-refractivity contribution in [3.05, 3.63) is 60.1 Å². The first-order chi connectivity index (χ1) is 15.0. The first-order valence-corrected chi connectivity index (χ1v) is 11.4. The highest BCUT2D eigenvalue weighted by Crippen LogP contribution is 2.33. The van der Waals surface area contributed by atoms with E-state index >= 15 is 0 Å². The Morgan fingerprint density at radius 1 is 1.31 bits per heavy atom. The van der Waals surface area contributed by atoms with E-state index in [0.29, 0.717) is 37.4 Å². The van der Waals surface area contributed by atoms with Crippen molar-refractivity contribution in [3.63, 3.8) is 0 Å². The number of hydrogen-bond donors (Lipinski definition) is 1. The summed E-state index contributed by atoms with van der Waals surface area (Å²) < 4.78 is 13.4. The van der Waals surface area contributed by atoms with Crippen molar-refractivity contribution in [2.45, 2.75) is 26.2 Å². The lowest BCUT2D eigenvalue weighted by Gasteiger charge is -2.21. The number of carboxylic acid groups (broad SMARTS) is 1. The molecule has 0 aliphatic heterocycles. The average Bonchev–Trinajstić information content (AvgIpc) is 2.71. The minimum atomic E-state index is -1.09. The standard InChI is InChI=1S/C22H21BrIN3O5/c1-22(2,3)21-26-16-6-5-13(23)9-14(16)20(30)27(21)25-10-12-7-15(24)19(17(8-12)31-4)32-11-18(28)29/h5-10H,11H2,1-4H3,(H,28,29). The van der Waals surface area contributed by atoms with Crippen LogP contribution in [-0.4, -0.2) is 40.7 Å². The lowest BCUT2D eigenvalue weighted by atomic mass is 9.95. The molecule has 10 heteroatoms. The van der Waals surface area contributed by atoms with Crippen LogP contribution in [0.5, 0.6) is 11.5 Å². The lowest BCUT2D eigenvalue weighted by Crippen LogP contribution is -2.29. The van der Waals surface area contributed by atoms with Crippen LogP contribution in [0.15, 0.2) is 44.7 Å². The first-order valence-electron chi connectivity index (χ1n) is 9.50. The Bertz CT molecular complexity index is 1280. The number of nitrogens with zero attached hydrogens (tertiary/aromatic N) is 3. The van der Waals surface area contributed by atoms with Gasteiger partial charge in [-0.1, -0.05) is 36.7 Å². The van der Waals surface area contributed by atoms with Gasteiger partial charge in [-0.15, -0.1) is 0 Å². The third kappa shape index (κ3) is 5.29. The highest BCUT2D eigenvalue weighted by Gasteiger charge is 2.23. The van der Waals surface area contributed by atoms with E-state index in [1.54, 1.807) is 24.3 Å². The smallest absolute Gasteiger partial charge is 0.341 e. The SMILES string of the molecule is COc1cc(C=Nn2c(C(C)(C)C)nc3ccc(Br)cc3c2=O)cc(I)c1OCC(=O)O. The van der Waals surface area contributed by atoms with Gasteiger partial charge in [-0.25, -0.2) is 9.78 Å².